The minimum absolute atomic E-state index is 0.126. The Morgan fingerprint density at radius 1 is 0.980 bits per heavy atom. The van der Waals surface area contributed by atoms with Crippen LogP contribution in [-0.4, -0.2) is 64.1 Å². The quantitative estimate of drug-likeness (QED) is 0.166. The molecule has 1 aliphatic heterocycles. The van der Waals surface area contributed by atoms with Crippen LogP contribution < -0.4 is 9.47 Å². The zero-order valence-corrected chi connectivity index (χ0v) is 29.3. The molecule has 258 valence electrons. The van der Waals surface area contributed by atoms with Crippen molar-refractivity contribution in [1.82, 2.24) is 19.7 Å². The van der Waals surface area contributed by atoms with E-state index in [0.717, 1.165) is 54.7 Å². The van der Waals surface area contributed by atoms with E-state index in [1.807, 2.05) is 43.9 Å². The number of aryl methyl sites for hydroxylation is 2. The van der Waals surface area contributed by atoms with Crippen molar-refractivity contribution in [3.05, 3.63) is 88.6 Å². The Labute approximate surface area is 288 Å². The van der Waals surface area contributed by atoms with Gasteiger partial charge in [0.1, 0.15) is 23.0 Å². The Hall–Kier alpha value is -4.86. The fourth-order valence-electron chi connectivity index (χ4n) is 6.94. The molecule has 10 heteroatoms. The zero-order chi connectivity index (χ0) is 34.7. The molecular formula is C39H46N4O6. The number of likely N-dealkylation sites (tertiary alicyclic amines) is 1. The lowest BCUT2D eigenvalue weighted by atomic mass is 9.86. The number of hydrogen-bond acceptors (Lipinski definition) is 8. The highest BCUT2D eigenvalue weighted by Gasteiger charge is 2.31. The number of benzene rings is 2. The number of esters is 1. The van der Waals surface area contributed by atoms with E-state index in [-0.39, 0.29) is 30.2 Å². The summed E-state index contributed by atoms with van der Waals surface area (Å²) >= 11 is 0. The first-order chi connectivity index (χ1) is 23.6. The number of amides is 1. The molecule has 0 unspecified atom stereocenters. The fourth-order valence-corrected chi connectivity index (χ4v) is 6.94. The summed E-state index contributed by atoms with van der Waals surface area (Å²) in [4.78, 5) is 31.9. The third kappa shape index (κ3) is 7.28. The molecular weight excluding hydrogens is 620 g/mol. The molecule has 0 N–H and O–H groups in total. The normalized spacial score (nSPS) is 16.3. The highest BCUT2D eigenvalue weighted by Crippen LogP contribution is 2.42. The van der Waals surface area contributed by atoms with Crippen LogP contribution in [0.3, 0.4) is 0 Å². The predicted molar refractivity (Wildman–Crippen MR) is 187 cm³/mol. The van der Waals surface area contributed by atoms with Crippen molar-refractivity contribution in [2.75, 3.05) is 26.8 Å². The van der Waals surface area contributed by atoms with Crippen molar-refractivity contribution in [1.29, 1.82) is 0 Å². The van der Waals surface area contributed by atoms with Crippen molar-refractivity contribution < 1.29 is 28.5 Å². The zero-order valence-electron chi connectivity index (χ0n) is 29.3. The van der Waals surface area contributed by atoms with Crippen LogP contribution in [0, 0.1) is 0 Å². The summed E-state index contributed by atoms with van der Waals surface area (Å²) < 4.78 is 24.6. The van der Waals surface area contributed by atoms with E-state index in [1.165, 1.54) is 34.7 Å². The van der Waals surface area contributed by atoms with E-state index in [0.29, 0.717) is 24.8 Å². The smallest absolute Gasteiger partial charge is 0.410 e. The number of fused-ring (bicyclic) bond motifs is 1. The second kappa shape index (κ2) is 14.3. The molecule has 1 fully saturated rings. The first kappa shape index (κ1) is 34.0. The summed E-state index contributed by atoms with van der Waals surface area (Å²) in [6, 6.07) is 18.6. The molecule has 6 rings (SSSR count). The topological polar surface area (TPSA) is 105 Å². The molecule has 0 bridgehead atoms. The van der Waals surface area contributed by atoms with E-state index in [9.17, 15) is 9.59 Å². The van der Waals surface area contributed by atoms with Gasteiger partial charge in [0, 0.05) is 24.2 Å². The number of carbonyl (C=O) groups excluding carboxylic acids is 2. The van der Waals surface area contributed by atoms with E-state index in [2.05, 4.69) is 48.4 Å². The van der Waals surface area contributed by atoms with Crippen LogP contribution in [0.15, 0.2) is 60.8 Å². The molecule has 1 saturated heterocycles. The standard InChI is InChI=1S/C39H46N4O6/c1-7-25-23-28(16-17-29(25)26-19-21-42(22-20-26)38(45)49-39(3,4)5)48-33-18-15-27-11-9-12-30(35(27)33)32-13-10-14-34(41-32)43-36(46-6)31(24-40-43)37(44)47-8-2/h9-14,16-17,23-24,26,33H,7-8,15,18-22H2,1-6H3/t33-/m0/s1. The minimum Gasteiger partial charge on any atom is -0.486 e. The van der Waals surface area contributed by atoms with Crippen LogP contribution in [0.25, 0.3) is 17.1 Å². The lowest BCUT2D eigenvalue weighted by Crippen LogP contribution is -2.41. The molecule has 0 radical (unpaired) electrons. The number of hydrogen-bond donors (Lipinski definition) is 0. The van der Waals surface area contributed by atoms with Crippen molar-refractivity contribution in [3.63, 3.8) is 0 Å². The summed E-state index contributed by atoms with van der Waals surface area (Å²) in [5.74, 6) is 1.55. The monoisotopic (exact) mass is 666 g/mol. The Balaban J connectivity index is 1.21. The van der Waals surface area contributed by atoms with Gasteiger partial charge >= 0.3 is 12.1 Å². The number of pyridine rings is 1. The maximum absolute atomic E-state index is 12.6. The number of carbonyl (C=O) groups is 2. The molecule has 0 spiro atoms. The second-order valence-corrected chi connectivity index (χ2v) is 13.6. The summed E-state index contributed by atoms with van der Waals surface area (Å²) in [5.41, 5.74) is 6.55. The number of piperidine rings is 1. The van der Waals surface area contributed by atoms with Crippen molar-refractivity contribution in [3.8, 4) is 28.7 Å². The minimum atomic E-state index is -0.495. The van der Waals surface area contributed by atoms with Gasteiger partial charge in [-0.3, -0.25) is 0 Å². The lowest BCUT2D eigenvalue weighted by Gasteiger charge is -2.34. The largest absolute Gasteiger partial charge is 0.486 e. The summed E-state index contributed by atoms with van der Waals surface area (Å²) in [7, 11) is 1.50. The number of rotatable bonds is 9. The van der Waals surface area contributed by atoms with Gasteiger partial charge in [0.2, 0.25) is 5.88 Å². The number of ether oxygens (including phenoxy) is 4. The first-order valence-electron chi connectivity index (χ1n) is 17.3. The van der Waals surface area contributed by atoms with Gasteiger partial charge in [-0.15, -0.1) is 0 Å². The molecule has 10 nitrogen and oxygen atoms in total. The van der Waals surface area contributed by atoms with Gasteiger partial charge < -0.3 is 23.8 Å². The predicted octanol–water partition coefficient (Wildman–Crippen LogP) is 7.86. The van der Waals surface area contributed by atoms with Gasteiger partial charge in [-0.05, 0) is 107 Å². The third-order valence-electron chi connectivity index (χ3n) is 9.20. The molecule has 1 aliphatic carbocycles. The molecule has 1 atom stereocenters. The molecule has 4 aromatic rings. The Bertz CT molecular complexity index is 1820. The molecule has 0 saturated carbocycles. The van der Waals surface area contributed by atoms with Gasteiger partial charge in [0.05, 0.1) is 25.6 Å². The number of aromatic nitrogens is 3. The fraction of sp³-hybridized carbons (Fsp3) is 0.436. The Kier molecular flexibility index (Phi) is 9.94. The maximum Gasteiger partial charge on any atom is 0.410 e. The molecule has 2 aliphatic rings. The van der Waals surface area contributed by atoms with Gasteiger partial charge in [-0.2, -0.15) is 9.78 Å². The first-order valence-corrected chi connectivity index (χ1v) is 17.3. The molecule has 2 aromatic heterocycles. The lowest BCUT2D eigenvalue weighted by molar-refractivity contribution is 0.0204. The highest BCUT2D eigenvalue weighted by atomic mass is 16.6. The number of methoxy groups -OCH3 is 1. The maximum atomic E-state index is 12.6. The van der Waals surface area contributed by atoms with Crippen LogP contribution in [0.2, 0.25) is 0 Å². The van der Waals surface area contributed by atoms with Crippen LogP contribution in [0.4, 0.5) is 4.79 Å². The Morgan fingerprint density at radius 3 is 2.47 bits per heavy atom. The van der Waals surface area contributed by atoms with Gasteiger partial charge in [0.15, 0.2) is 5.82 Å². The van der Waals surface area contributed by atoms with E-state index < -0.39 is 11.6 Å². The van der Waals surface area contributed by atoms with Crippen molar-refractivity contribution >= 4 is 12.1 Å². The van der Waals surface area contributed by atoms with Gasteiger partial charge in [0.25, 0.3) is 0 Å². The second-order valence-electron chi connectivity index (χ2n) is 13.6. The highest BCUT2D eigenvalue weighted by molar-refractivity contribution is 5.92. The summed E-state index contributed by atoms with van der Waals surface area (Å²) in [5, 5.41) is 4.40. The number of nitrogens with zero attached hydrogens (tertiary/aromatic N) is 4. The summed E-state index contributed by atoms with van der Waals surface area (Å²) in [6.45, 7) is 11.3. The van der Waals surface area contributed by atoms with Crippen molar-refractivity contribution in [2.45, 2.75) is 84.3 Å². The van der Waals surface area contributed by atoms with Crippen molar-refractivity contribution in [2.24, 2.45) is 0 Å². The van der Waals surface area contributed by atoms with E-state index >= 15 is 0 Å². The SMILES string of the molecule is CCOC(=O)c1cnn(-c2cccc(-c3cccc4c3[C@@H](Oc3ccc(C5CCN(C(=O)OC(C)(C)C)CC5)c(CC)c3)CC4)n2)c1OC. The molecule has 1 amide bonds. The molecule has 3 heterocycles. The van der Waals surface area contributed by atoms with E-state index in [1.54, 1.807) is 6.92 Å². The average molecular weight is 667 g/mol. The van der Waals surface area contributed by atoms with Crippen LogP contribution in [-0.2, 0) is 22.3 Å². The Morgan fingerprint density at radius 2 is 1.76 bits per heavy atom. The third-order valence-corrected chi connectivity index (χ3v) is 9.20. The molecule has 2 aromatic carbocycles. The molecule has 49 heavy (non-hydrogen) atoms. The van der Waals surface area contributed by atoms with E-state index in [4.69, 9.17) is 23.9 Å². The van der Waals surface area contributed by atoms with Gasteiger partial charge in [-0.1, -0.05) is 37.3 Å². The summed E-state index contributed by atoms with van der Waals surface area (Å²) in [6.07, 6.45) is 5.59. The van der Waals surface area contributed by atoms with Crippen LogP contribution in [0.1, 0.15) is 98.5 Å². The average Bonchev–Trinajstić information content (AvgIpc) is 3.72. The van der Waals surface area contributed by atoms with Crippen LogP contribution in [0.5, 0.6) is 11.6 Å². The van der Waals surface area contributed by atoms with Crippen LogP contribution >= 0.6 is 0 Å². The van der Waals surface area contributed by atoms with Gasteiger partial charge in [-0.25, -0.2) is 14.6 Å².